The van der Waals surface area contributed by atoms with Gasteiger partial charge in [0.1, 0.15) is 0 Å². The van der Waals surface area contributed by atoms with Crippen LogP contribution < -0.4 is 16.0 Å². The highest BCUT2D eigenvalue weighted by Gasteiger charge is 2.38. The molecule has 0 aromatic heterocycles. The van der Waals surface area contributed by atoms with Gasteiger partial charge in [-0.3, -0.25) is 4.79 Å². The number of carbonyl (C=O) groups excluding carboxylic acids is 1. The van der Waals surface area contributed by atoms with Crippen molar-refractivity contribution >= 4 is 5.91 Å². The topological polar surface area (TPSA) is 53.2 Å². The van der Waals surface area contributed by atoms with E-state index < -0.39 is 0 Å². The highest BCUT2D eigenvalue weighted by atomic mass is 16.2. The predicted octanol–water partition coefficient (Wildman–Crippen LogP) is 1.16. The highest BCUT2D eigenvalue weighted by molar-refractivity contribution is 5.78. The fraction of sp³-hybridized carbons (Fsp3) is 0.929. The Morgan fingerprint density at radius 2 is 1.67 bits per heavy atom. The molecule has 2 fully saturated rings. The van der Waals surface area contributed by atoms with Crippen LogP contribution in [0.3, 0.4) is 0 Å². The SMILES string of the molecule is CC1(C)CC(NC(=O)CNC2CC2)CC(C)(C)N1. The Labute approximate surface area is 110 Å². The normalized spacial score (nSPS) is 26.9. The molecule has 2 rings (SSSR count). The summed E-state index contributed by atoms with van der Waals surface area (Å²) in [6.45, 7) is 9.28. The lowest BCUT2D eigenvalue weighted by Gasteiger charge is -2.46. The molecule has 1 heterocycles. The van der Waals surface area contributed by atoms with E-state index in [-0.39, 0.29) is 23.0 Å². The van der Waals surface area contributed by atoms with Crippen molar-refractivity contribution in [3.63, 3.8) is 0 Å². The van der Waals surface area contributed by atoms with Gasteiger partial charge in [-0.1, -0.05) is 0 Å². The minimum absolute atomic E-state index is 0.0869. The zero-order valence-corrected chi connectivity index (χ0v) is 12.1. The third-order valence-corrected chi connectivity index (χ3v) is 3.68. The van der Waals surface area contributed by atoms with Crippen LogP contribution in [0.2, 0.25) is 0 Å². The van der Waals surface area contributed by atoms with E-state index in [0.717, 1.165) is 12.8 Å². The number of hydrogen-bond acceptors (Lipinski definition) is 3. The van der Waals surface area contributed by atoms with Gasteiger partial charge in [-0.2, -0.15) is 0 Å². The molecule has 3 N–H and O–H groups in total. The summed E-state index contributed by atoms with van der Waals surface area (Å²) in [7, 11) is 0. The predicted molar refractivity (Wildman–Crippen MR) is 73.5 cm³/mol. The maximum Gasteiger partial charge on any atom is 0.234 e. The Hall–Kier alpha value is -0.610. The van der Waals surface area contributed by atoms with Crippen molar-refractivity contribution in [2.45, 2.75) is 76.5 Å². The second-order valence-corrected chi connectivity index (χ2v) is 7.22. The standard InChI is InChI=1S/C14H27N3O/c1-13(2)7-11(8-14(3,4)17-13)16-12(18)9-15-10-5-6-10/h10-11,15,17H,5-9H2,1-4H3,(H,16,18). The minimum Gasteiger partial charge on any atom is -0.352 e. The highest BCUT2D eigenvalue weighted by Crippen LogP contribution is 2.28. The Morgan fingerprint density at radius 3 is 2.17 bits per heavy atom. The van der Waals surface area contributed by atoms with E-state index in [1.165, 1.54) is 12.8 Å². The number of nitrogens with one attached hydrogen (secondary N) is 3. The molecule has 1 aliphatic heterocycles. The van der Waals surface area contributed by atoms with E-state index in [1.54, 1.807) is 0 Å². The third kappa shape index (κ3) is 4.25. The number of carbonyl (C=O) groups is 1. The zero-order chi connectivity index (χ0) is 13.4. The molecule has 104 valence electrons. The van der Waals surface area contributed by atoms with E-state index in [9.17, 15) is 4.79 Å². The zero-order valence-electron chi connectivity index (χ0n) is 12.1. The van der Waals surface area contributed by atoms with Crippen LogP contribution in [-0.4, -0.2) is 35.6 Å². The van der Waals surface area contributed by atoms with Crippen molar-refractivity contribution in [3.05, 3.63) is 0 Å². The van der Waals surface area contributed by atoms with Gasteiger partial charge in [0.2, 0.25) is 5.91 Å². The second kappa shape index (κ2) is 4.82. The summed E-state index contributed by atoms with van der Waals surface area (Å²) >= 11 is 0. The fourth-order valence-electron chi connectivity index (χ4n) is 3.23. The third-order valence-electron chi connectivity index (χ3n) is 3.68. The maximum atomic E-state index is 11.9. The van der Waals surface area contributed by atoms with E-state index >= 15 is 0 Å². The lowest BCUT2D eigenvalue weighted by molar-refractivity contribution is -0.121. The van der Waals surface area contributed by atoms with E-state index in [4.69, 9.17) is 0 Å². The maximum absolute atomic E-state index is 11.9. The summed E-state index contributed by atoms with van der Waals surface area (Å²) < 4.78 is 0. The first kappa shape index (κ1) is 13.8. The summed E-state index contributed by atoms with van der Waals surface area (Å²) in [5.74, 6) is 0.139. The van der Waals surface area contributed by atoms with Crippen LogP contribution in [0.5, 0.6) is 0 Å². The number of piperidine rings is 1. The molecule has 0 spiro atoms. The van der Waals surface area contributed by atoms with Crippen LogP contribution in [-0.2, 0) is 4.79 Å². The quantitative estimate of drug-likeness (QED) is 0.705. The monoisotopic (exact) mass is 253 g/mol. The molecule has 1 saturated carbocycles. The summed E-state index contributed by atoms with van der Waals surface area (Å²) in [5.41, 5.74) is 0.174. The van der Waals surface area contributed by atoms with Gasteiger partial charge in [0.05, 0.1) is 6.54 Å². The molecule has 4 nitrogen and oxygen atoms in total. The summed E-state index contributed by atoms with van der Waals surface area (Å²) in [5, 5.41) is 10.1. The molecule has 0 radical (unpaired) electrons. The smallest absolute Gasteiger partial charge is 0.234 e. The van der Waals surface area contributed by atoms with Gasteiger partial charge in [0.15, 0.2) is 0 Å². The van der Waals surface area contributed by atoms with Crippen molar-refractivity contribution in [2.75, 3.05) is 6.54 Å². The lowest BCUT2D eigenvalue weighted by Crippen LogP contribution is -2.62. The molecular weight excluding hydrogens is 226 g/mol. The number of rotatable bonds is 4. The molecular formula is C14H27N3O. The summed E-state index contributed by atoms with van der Waals surface area (Å²) in [6.07, 6.45) is 4.43. The molecule has 0 atom stereocenters. The molecule has 0 unspecified atom stereocenters. The van der Waals surface area contributed by atoms with Crippen LogP contribution in [0.1, 0.15) is 53.4 Å². The van der Waals surface area contributed by atoms with Gasteiger partial charge < -0.3 is 16.0 Å². The second-order valence-electron chi connectivity index (χ2n) is 7.22. The fourth-order valence-corrected chi connectivity index (χ4v) is 3.23. The van der Waals surface area contributed by atoms with E-state index in [2.05, 4.69) is 43.6 Å². The van der Waals surface area contributed by atoms with Crippen LogP contribution in [0.15, 0.2) is 0 Å². The Balaban J connectivity index is 1.81. The molecule has 18 heavy (non-hydrogen) atoms. The Kier molecular flexibility index (Phi) is 3.70. The van der Waals surface area contributed by atoms with Crippen LogP contribution in [0.25, 0.3) is 0 Å². The van der Waals surface area contributed by atoms with Crippen LogP contribution >= 0.6 is 0 Å². The van der Waals surface area contributed by atoms with Crippen LogP contribution in [0, 0.1) is 0 Å². The molecule has 0 aromatic carbocycles. The Morgan fingerprint density at radius 1 is 1.11 bits per heavy atom. The van der Waals surface area contributed by atoms with Gasteiger partial charge in [0.25, 0.3) is 0 Å². The van der Waals surface area contributed by atoms with Gasteiger partial charge in [-0.05, 0) is 53.4 Å². The van der Waals surface area contributed by atoms with E-state index in [0.29, 0.717) is 12.6 Å². The number of amides is 1. The van der Waals surface area contributed by atoms with Crippen molar-refractivity contribution in [1.29, 1.82) is 0 Å². The average molecular weight is 253 g/mol. The van der Waals surface area contributed by atoms with Crippen molar-refractivity contribution in [1.82, 2.24) is 16.0 Å². The van der Waals surface area contributed by atoms with Gasteiger partial charge in [-0.25, -0.2) is 0 Å². The van der Waals surface area contributed by atoms with Crippen molar-refractivity contribution in [2.24, 2.45) is 0 Å². The molecule has 0 bridgehead atoms. The molecule has 1 saturated heterocycles. The van der Waals surface area contributed by atoms with Crippen LogP contribution in [0.4, 0.5) is 0 Å². The first-order valence-electron chi connectivity index (χ1n) is 7.08. The molecule has 1 amide bonds. The van der Waals surface area contributed by atoms with Crippen molar-refractivity contribution in [3.8, 4) is 0 Å². The summed E-state index contributed by atoms with van der Waals surface area (Å²) in [6, 6.07) is 0.876. The van der Waals surface area contributed by atoms with Gasteiger partial charge in [-0.15, -0.1) is 0 Å². The summed E-state index contributed by atoms with van der Waals surface area (Å²) in [4.78, 5) is 11.9. The van der Waals surface area contributed by atoms with Gasteiger partial charge in [0, 0.05) is 23.2 Å². The largest absolute Gasteiger partial charge is 0.352 e. The average Bonchev–Trinajstić information content (AvgIpc) is 2.92. The van der Waals surface area contributed by atoms with Gasteiger partial charge >= 0.3 is 0 Å². The number of hydrogen-bond donors (Lipinski definition) is 3. The first-order valence-corrected chi connectivity index (χ1v) is 7.08. The molecule has 1 aliphatic carbocycles. The van der Waals surface area contributed by atoms with Crippen molar-refractivity contribution < 1.29 is 4.79 Å². The molecule has 4 heteroatoms. The molecule has 2 aliphatic rings. The van der Waals surface area contributed by atoms with E-state index in [1.807, 2.05) is 0 Å². The Bertz CT molecular complexity index is 305. The molecule has 0 aromatic rings. The first-order chi connectivity index (χ1) is 8.26. The minimum atomic E-state index is 0.0869. The lowest BCUT2D eigenvalue weighted by atomic mass is 9.79.